The summed E-state index contributed by atoms with van der Waals surface area (Å²) in [5.41, 5.74) is 0. The predicted molar refractivity (Wildman–Crippen MR) is 66.2 cm³/mol. The number of unbranched alkanes of at least 4 members (excludes halogenated alkanes) is 5. The fourth-order valence-electron chi connectivity index (χ4n) is 1.21. The highest BCUT2D eigenvalue weighted by Gasteiger charge is 1.82. The summed E-state index contributed by atoms with van der Waals surface area (Å²) in [6, 6.07) is 0. The van der Waals surface area contributed by atoms with E-state index in [0.717, 1.165) is 12.8 Å². The van der Waals surface area contributed by atoms with E-state index in [1.54, 1.807) is 0 Å². The van der Waals surface area contributed by atoms with Gasteiger partial charge in [-0.25, -0.2) is 0 Å². The van der Waals surface area contributed by atoms with Gasteiger partial charge in [0.1, 0.15) is 0 Å². The third-order valence-corrected chi connectivity index (χ3v) is 2.12. The van der Waals surface area contributed by atoms with Crippen LogP contribution in [0, 0.1) is 6.42 Å². The molecule has 14 heavy (non-hydrogen) atoms. The molecule has 0 saturated carbocycles. The lowest BCUT2D eigenvalue weighted by Gasteiger charge is -1.91. The minimum Gasteiger partial charge on any atom is -0.0885 e. The Labute approximate surface area is 90.1 Å². The van der Waals surface area contributed by atoms with E-state index in [-0.39, 0.29) is 0 Å². The minimum atomic E-state index is 1.12. The second kappa shape index (κ2) is 12.5. The second-order valence-electron chi connectivity index (χ2n) is 3.63. The molecule has 0 unspecified atom stereocenters. The van der Waals surface area contributed by atoms with Crippen LogP contribution in [0.5, 0.6) is 0 Å². The molecule has 0 aromatic rings. The maximum atomic E-state index is 2.33. The Morgan fingerprint density at radius 2 is 1.36 bits per heavy atom. The first kappa shape index (κ1) is 13.5. The molecule has 0 aliphatic heterocycles. The molecule has 0 aromatic heterocycles. The minimum absolute atomic E-state index is 1.12. The molecule has 0 amide bonds. The monoisotopic (exact) mass is 193 g/mol. The normalized spacial score (nSPS) is 11.9. The smallest absolute Gasteiger partial charge is 0.0311 e. The van der Waals surface area contributed by atoms with Crippen LogP contribution in [-0.2, 0) is 0 Å². The van der Waals surface area contributed by atoms with Gasteiger partial charge in [0.2, 0.25) is 0 Å². The lowest BCUT2D eigenvalue weighted by atomic mass is 10.2. The molecular weight excluding hydrogens is 168 g/mol. The molecule has 0 heterocycles. The van der Waals surface area contributed by atoms with E-state index in [4.69, 9.17) is 0 Å². The van der Waals surface area contributed by atoms with Gasteiger partial charge in [-0.15, -0.1) is 0 Å². The van der Waals surface area contributed by atoms with E-state index in [1.165, 1.54) is 32.1 Å². The van der Waals surface area contributed by atoms with Crippen LogP contribution in [0.1, 0.15) is 58.8 Å². The maximum absolute atomic E-state index is 2.33. The first-order chi connectivity index (χ1) is 6.91. The summed E-state index contributed by atoms with van der Waals surface area (Å²) < 4.78 is 0. The molecule has 81 valence electrons. The van der Waals surface area contributed by atoms with Crippen LogP contribution in [0.3, 0.4) is 0 Å². The van der Waals surface area contributed by atoms with Gasteiger partial charge in [0.15, 0.2) is 0 Å². The van der Waals surface area contributed by atoms with Crippen LogP contribution >= 0.6 is 0 Å². The van der Waals surface area contributed by atoms with Gasteiger partial charge >= 0.3 is 0 Å². The van der Waals surface area contributed by atoms with Crippen LogP contribution < -0.4 is 0 Å². The summed E-state index contributed by atoms with van der Waals surface area (Å²) in [5, 5.41) is 0. The average Bonchev–Trinajstić information content (AvgIpc) is 2.21. The Kier molecular flexibility index (Phi) is 12.0. The maximum Gasteiger partial charge on any atom is -0.0311 e. The zero-order valence-electron chi connectivity index (χ0n) is 9.84. The van der Waals surface area contributed by atoms with Gasteiger partial charge in [-0.05, 0) is 32.1 Å². The van der Waals surface area contributed by atoms with Crippen molar-refractivity contribution in [3.05, 3.63) is 30.7 Å². The standard InChI is InChI=1S/C14H25/c1-3-5-7-9-11-13-14-12-10-8-6-4-2/h7,9-10,12-13H,3-6,8,11,14H2,1-2H3. The average molecular weight is 193 g/mol. The number of hydrogen-bond acceptors (Lipinski definition) is 0. The molecule has 0 fully saturated rings. The zero-order valence-corrected chi connectivity index (χ0v) is 9.84. The van der Waals surface area contributed by atoms with Gasteiger partial charge in [-0.1, -0.05) is 57.4 Å². The van der Waals surface area contributed by atoms with Crippen LogP contribution in [0.4, 0.5) is 0 Å². The summed E-state index contributed by atoms with van der Waals surface area (Å²) in [6.07, 6.45) is 20.1. The summed E-state index contributed by atoms with van der Waals surface area (Å²) in [6.45, 7) is 4.45. The zero-order chi connectivity index (χ0) is 10.5. The topological polar surface area (TPSA) is 0 Å². The highest BCUT2D eigenvalue weighted by Crippen LogP contribution is 2.00. The highest BCUT2D eigenvalue weighted by atomic mass is 13.9. The van der Waals surface area contributed by atoms with Crippen molar-refractivity contribution in [1.29, 1.82) is 0 Å². The summed E-state index contributed by atoms with van der Waals surface area (Å²) in [4.78, 5) is 0. The number of rotatable bonds is 9. The van der Waals surface area contributed by atoms with Crippen LogP contribution in [0.25, 0.3) is 0 Å². The Morgan fingerprint density at radius 3 is 1.93 bits per heavy atom. The first-order valence-corrected chi connectivity index (χ1v) is 6.03. The lowest BCUT2D eigenvalue weighted by Crippen LogP contribution is -1.72. The van der Waals surface area contributed by atoms with E-state index >= 15 is 0 Å². The third kappa shape index (κ3) is 11.5. The summed E-state index contributed by atoms with van der Waals surface area (Å²) in [7, 11) is 0. The molecule has 0 nitrogen and oxygen atoms in total. The van der Waals surface area contributed by atoms with Gasteiger partial charge in [-0.3, -0.25) is 0 Å². The lowest BCUT2D eigenvalue weighted by molar-refractivity contribution is 0.812. The van der Waals surface area contributed by atoms with Gasteiger partial charge < -0.3 is 0 Å². The molecule has 0 bridgehead atoms. The summed E-state index contributed by atoms with van der Waals surface area (Å²) >= 11 is 0. The van der Waals surface area contributed by atoms with Gasteiger partial charge in [-0.2, -0.15) is 0 Å². The van der Waals surface area contributed by atoms with E-state index in [0.29, 0.717) is 0 Å². The number of hydrogen-bond donors (Lipinski definition) is 0. The van der Waals surface area contributed by atoms with Crippen molar-refractivity contribution in [3.8, 4) is 0 Å². The van der Waals surface area contributed by atoms with E-state index in [1.807, 2.05) is 0 Å². The van der Waals surface area contributed by atoms with Crippen LogP contribution in [0.15, 0.2) is 24.3 Å². The Balaban J connectivity index is 3.08. The van der Waals surface area contributed by atoms with Gasteiger partial charge in [0.05, 0.1) is 0 Å². The first-order valence-electron chi connectivity index (χ1n) is 6.03. The Morgan fingerprint density at radius 1 is 0.714 bits per heavy atom. The predicted octanol–water partition coefficient (Wildman–Crippen LogP) is 5.07. The van der Waals surface area contributed by atoms with E-state index < -0.39 is 0 Å². The molecule has 0 saturated heterocycles. The molecule has 0 aliphatic carbocycles. The van der Waals surface area contributed by atoms with Crippen molar-refractivity contribution in [2.75, 3.05) is 0 Å². The Bertz CT molecular complexity index is 142. The fourth-order valence-corrected chi connectivity index (χ4v) is 1.21. The van der Waals surface area contributed by atoms with Crippen LogP contribution in [-0.4, -0.2) is 0 Å². The molecule has 1 radical (unpaired) electrons. The molecule has 0 atom stereocenters. The second-order valence-corrected chi connectivity index (χ2v) is 3.63. The van der Waals surface area contributed by atoms with Crippen molar-refractivity contribution >= 4 is 0 Å². The third-order valence-electron chi connectivity index (χ3n) is 2.12. The largest absolute Gasteiger partial charge is 0.0885 e. The fraction of sp³-hybridized carbons (Fsp3) is 0.643. The molecule has 0 spiro atoms. The molecule has 0 aromatic carbocycles. The van der Waals surface area contributed by atoms with Gasteiger partial charge in [0, 0.05) is 0 Å². The van der Waals surface area contributed by atoms with Crippen molar-refractivity contribution in [2.24, 2.45) is 0 Å². The van der Waals surface area contributed by atoms with Crippen molar-refractivity contribution in [3.63, 3.8) is 0 Å². The Hall–Kier alpha value is -0.520. The van der Waals surface area contributed by atoms with Crippen molar-refractivity contribution in [2.45, 2.75) is 58.8 Å². The van der Waals surface area contributed by atoms with E-state index in [9.17, 15) is 0 Å². The van der Waals surface area contributed by atoms with E-state index in [2.05, 4.69) is 44.6 Å². The van der Waals surface area contributed by atoms with Gasteiger partial charge in [0.25, 0.3) is 0 Å². The molecule has 0 N–H and O–H groups in total. The SMILES string of the molecule is CCCC=CC[CH]CC=CCCCC. The molecule has 0 heteroatoms. The summed E-state index contributed by atoms with van der Waals surface area (Å²) in [5.74, 6) is 0. The van der Waals surface area contributed by atoms with Crippen molar-refractivity contribution < 1.29 is 0 Å². The molecule has 0 aliphatic rings. The molecule has 0 rings (SSSR count). The number of allylic oxidation sites excluding steroid dienone is 4. The highest BCUT2D eigenvalue weighted by molar-refractivity contribution is 4.92. The van der Waals surface area contributed by atoms with Crippen LogP contribution in [0.2, 0.25) is 0 Å². The quantitative estimate of drug-likeness (QED) is 0.354. The molecular formula is C14H25. The van der Waals surface area contributed by atoms with Crippen molar-refractivity contribution in [1.82, 2.24) is 0 Å².